The van der Waals surface area contributed by atoms with Gasteiger partial charge < -0.3 is 19.7 Å². The van der Waals surface area contributed by atoms with Crippen LogP contribution >= 0.6 is 23.2 Å². The molecule has 6 nitrogen and oxygen atoms in total. The number of rotatable bonds is 9. The molecule has 0 aliphatic carbocycles. The third kappa shape index (κ3) is 6.78. The Labute approximate surface area is 205 Å². The first kappa shape index (κ1) is 25.2. The summed E-state index contributed by atoms with van der Waals surface area (Å²) >= 11 is 12.2. The molecule has 3 rings (SSSR count). The van der Waals surface area contributed by atoms with E-state index in [0.717, 1.165) is 17.5 Å². The van der Waals surface area contributed by atoms with Gasteiger partial charge in [0, 0.05) is 19.0 Å². The van der Waals surface area contributed by atoms with Crippen LogP contribution in [0.5, 0.6) is 11.5 Å². The lowest BCUT2D eigenvalue weighted by molar-refractivity contribution is -0.140. The van der Waals surface area contributed by atoms with Gasteiger partial charge in [-0.15, -0.1) is 0 Å². The molecule has 1 N–H and O–H groups in total. The highest BCUT2D eigenvalue weighted by atomic mass is 35.5. The second-order valence-electron chi connectivity index (χ2n) is 8.24. The van der Waals surface area contributed by atoms with Crippen LogP contribution in [0.2, 0.25) is 10.0 Å². The first-order valence-electron chi connectivity index (χ1n) is 11.2. The number of halogens is 2. The molecule has 33 heavy (non-hydrogen) atoms. The first-order valence-corrected chi connectivity index (χ1v) is 12.0. The molecule has 2 aromatic rings. The fourth-order valence-electron chi connectivity index (χ4n) is 3.52. The number of carbonyl (C=O) groups is 2. The normalized spacial score (nSPS) is 14.3. The van der Waals surface area contributed by atoms with E-state index in [4.69, 9.17) is 32.7 Å². The van der Waals surface area contributed by atoms with Crippen molar-refractivity contribution in [1.29, 1.82) is 0 Å². The van der Waals surface area contributed by atoms with Crippen molar-refractivity contribution in [1.82, 2.24) is 10.2 Å². The van der Waals surface area contributed by atoms with Gasteiger partial charge in [-0.2, -0.15) is 0 Å². The highest BCUT2D eigenvalue weighted by Crippen LogP contribution is 2.31. The maximum atomic E-state index is 13.3. The van der Waals surface area contributed by atoms with E-state index < -0.39 is 6.04 Å². The number of nitrogens with zero attached hydrogens (tertiary/aromatic N) is 1. The summed E-state index contributed by atoms with van der Waals surface area (Å²) in [7, 11) is 0. The Hall–Kier alpha value is -2.44. The average molecular weight is 493 g/mol. The van der Waals surface area contributed by atoms with Gasteiger partial charge in [0.05, 0.1) is 10.0 Å². The van der Waals surface area contributed by atoms with Gasteiger partial charge in [-0.25, -0.2) is 0 Å². The molecule has 0 aromatic heterocycles. The summed E-state index contributed by atoms with van der Waals surface area (Å²) in [6, 6.07) is 10.3. The van der Waals surface area contributed by atoms with Gasteiger partial charge in [0.1, 0.15) is 19.3 Å². The molecule has 0 fully saturated rings. The topological polar surface area (TPSA) is 67.9 Å². The third-order valence-electron chi connectivity index (χ3n) is 5.74. The molecular weight excluding hydrogens is 463 g/mol. The Balaban J connectivity index is 1.74. The van der Waals surface area contributed by atoms with Gasteiger partial charge >= 0.3 is 0 Å². The summed E-state index contributed by atoms with van der Waals surface area (Å²) in [5.41, 5.74) is 1.78. The molecule has 0 spiro atoms. The second kappa shape index (κ2) is 11.6. The summed E-state index contributed by atoms with van der Waals surface area (Å²) in [5.74, 6) is 1.10. The molecule has 0 bridgehead atoms. The fourth-order valence-corrected chi connectivity index (χ4v) is 3.84. The van der Waals surface area contributed by atoms with Gasteiger partial charge in [0.25, 0.3) is 0 Å². The van der Waals surface area contributed by atoms with Crippen molar-refractivity contribution in [3.05, 3.63) is 57.6 Å². The molecule has 8 heteroatoms. The fraction of sp³-hybridized carbons (Fsp3) is 0.440. The molecule has 2 amide bonds. The number of aryl methyl sites for hydroxylation is 1. The monoisotopic (exact) mass is 492 g/mol. The lowest BCUT2D eigenvalue weighted by Crippen LogP contribution is -2.49. The van der Waals surface area contributed by atoms with Crippen molar-refractivity contribution in [3.63, 3.8) is 0 Å². The number of hydrogen-bond donors (Lipinski definition) is 1. The lowest BCUT2D eigenvalue weighted by Gasteiger charge is -2.30. The zero-order valence-electron chi connectivity index (χ0n) is 19.2. The maximum absolute atomic E-state index is 13.3. The molecule has 0 saturated carbocycles. The van der Waals surface area contributed by atoms with Crippen LogP contribution in [0.3, 0.4) is 0 Å². The van der Waals surface area contributed by atoms with E-state index in [1.807, 2.05) is 38.1 Å². The van der Waals surface area contributed by atoms with Crippen molar-refractivity contribution < 1.29 is 19.1 Å². The first-order chi connectivity index (χ1) is 15.8. The number of hydrogen-bond acceptors (Lipinski definition) is 4. The Bertz CT molecular complexity index is 998. The molecule has 1 aliphatic rings. The molecular formula is C25H30Cl2N2O4. The number of carbonyl (C=O) groups excluding carboxylic acids is 2. The summed E-state index contributed by atoms with van der Waals surface area (Å²) in [4.78, 5) is 27.7. The van der Waals surface area contributed by atoms with Crippen LogP contribution in [-0.2, 0) is 22.6 Å². The zero-order chi connectivity index (χ0) is 24.0. The summed E-state index contributed by atoms with van der Waals surface area (Å²) < 4.78 is 11.2. The lowest BCUT2D eigenvalue weighted by atomic mass is 10.1. The van der Waals surface area contributed by atoms with Gasteiger partial charge in [-0.05, 0) is 62.1 Å². The van der Waals surface area contributed by atoms with E-state index in [2.05, 4.69) is 5.32 Å². The highest BCUT2D eigenvalue weighted by Gasteiger charge is 2.27. The van der Waals surface area contributed by atoms with Crippen LogP contribution < -0.4 is 14.8 Å². The quantitative estimate of drug-likeness (QED) is 0.532. The zero-order valence-corrected chi connectivity index (χ0v) is 20.7. The Morgan fingerprint density at radius 3 is 2.39 bits per heavy atom. The van der Waals surface area contributed by atoms with Crippen LogP contribution in [0.15, 0.2) is 36.4 Å². The predicted octanol–water partition coefficient (Wildman–Crippen LogP) is 5.03. The third-order valence-corrected chi connectivity index (χ3v) is 6.48. The van der Waals surface area contributed by atoms with Crippen molar-refractivity contribution in [2.45, 2.75) is 58.7 Å². The SMILES string of the molecule is CC[C@@H](C)NC(=O)[C@@H](C)N(Cc1ccc(Cl)c(Cl)c1)C(=O)CCc1ccc2c(c1)OCCO2. The minimum atomic E-state index is -0.638. The van der Waals surface area contributed by atoms with E-state index in [-0.39, 0.29) is 30.8 Å². The van der Waals surface area contributed by atoms with Gasteiger partial charge in [-0.1, -0.05) is 42.3 Å². The van der Waals surface area contributed by atoms with Crippen LogP contribution in [0.1, 0.15) is 44.7 Å². The Morgan fingerprint density at radius 1 is 1.00 bits per heavy atom. The number of amides is 2. The van der Waals surface area contributed by atoms with E-state index >= 15 is 0 Å². The minimum Gasteiger partial charge on any atom is -0.486 e. The summed E-state index contributed by atoms with van der Waals surface area (Å²) in [6.45, 7) is 6.99. The molecule has 2 atom stereocenters. The smallest absolute Gasteiger partial charge is 0.242 e. The van der Waals surface area contributed by atoms with Gasteiger partial charge in [0.15, 0.2) is 11.5 Å². The van der Waals surface area contributed by atoms with Crippen molar-refractivity contribution >= 4 is 35.0 Å². The minimum absolute atomic E-state index is 0.0274. The number of fused-ring (bicyclic) bond motifs is 1. The van der Waals surface area contributed by atoms with E-state index in [9.17, 15) is 9.59 Å². The highest BCUT2D eigenvalue weighted by molar-refractivity contribution is 6.42. The van der Waals surface area contributed by atoms with Crippen molar-refractivity contribution in [2.24, 2.45) is 0 Å². The number of benzene rings is 2. The molecule has 0 radical (unpaired) electrons. The Morgan fingerprint density at radius 2 is 1.70 bits per heavy atom. The number of ether oxygens (including phenoxy) is 2. The Kier molecular flexibility index (Phi) is 8.87. The molecule has 178 valence electrons. The molecule has 2 aromatic carbocycles. The second-order valence-corrected chi connectivity index (χ2v) is 9.06. The van der Waals surface area contributed by atoms with E-state index in [1.54, 1.807) is 24.0 Å². The van der Waals surface area contributed by atoms with Crippen molar-refractivity contribution in [3.8, 4) is 11.5 Å². The predicted molar refractivity (Wildman–Crippen MR) is 130 cm³/mol. The molecule has 1 aliphatic heterocycles. The standard InChI is InChI=1S/C25H30Cl2N2O4/c1-4-16(2)28-25(31)17(3)29(15-19-5-8-20(26)21(27)13-19)24(30)10-7-18-6-9-22-23(14-18)33-12-11-32-22/h5-6,8-9,13-14,16-17H,4,7,10-12,15H2,1-3H3,(H,28,31)/t16-,17-/m1/s1. The molecule has 0 unspecified atom stereocenters. The van der Waals surface area contributed by atoms with Gasteiger partial charge in [0.2, 0.25) is 11.8 Å². The molecule has 1 heterocycles. The average Bonchev–Trinajstić information content (AvgIpc) is 2.82. The maximum Gasteiger partial charge on any atom is 0.242 e. The molecule has 0 saturated heterocycles. The largest absolute Gasteiger partial charge is 0.486 e. The van der Waals surface area contributed by atoms with Crippen LogP contribution in [0.25, 0.3) is 0 Å². The van der Waals surface area contributed by atoms with Crippen LogP contribution in [-0.4, -0.2) is 42.0 Å². The summed E-state index contributed by atoms with van der Waals surface area (Å²) in [6.07, 6.45) is 1.58. The van der Waals surface area contributed by atoms with E-state index in [1.165, 1.54) is 0 Å². The van der Waals surface area contributed by atoms with Gasteiger partial charge in [-0.3, -0.25) is 9.59 Å². The number of nitrogens with one attached hydrogen (secondary N) is 1. The summed E-state index contributed by atoms with van der Waals surface area (Å²) in [5, 5.41) is 3.82. The van der Waals surface area contributed by atoms with E-state index in [0.29, 0.717) is 41.2 Å². The van der Waals surface area contributed by atoms with Crippen molar-refractivity contribution in [2.75, 3.05) is 13.2 Å². The van der Waals surface area contributed by atoms with Crippen LogP contribution in [0.4, 0.5) is 0 Å². The van der Waals surface area contributed by atoms with Crippen LogP contribution in [0, 0.1) is 0 Å².